The first-order valence-corrected chi connectivity index (χ1v) is 6.96. The fourth-order valence-corrected chi connectivity index (χ4v) is 1.79. The van der Waals surface area contributed by atoms with E-state index < -0.39 is 5.97 Å². The zero-order valence-corrected chi connectivity index (χ0v) is 13.5. The van der Waals surface area contributed by atoms with Gasteiger partial charge in [0.15, 0.2) is 0 Å². The molecular formula is C15H21ClN2O3. The molecule has 0 fully saturated rings. The number of methoxy groups -OCH3 is 1. The SMILES string of the molecule is COC(=O)c1ccc(Cl)cc1NC(=O)CC(N)C(C)(C)C. The van der Waals surface area contributed by atoms with Crippen LogP contribution in [0.15, 0.2) is 18.2 Å². The second-order valence-electron chi connectivity index (χ2n) is 5.91. The highest BCUT2D eigenvalue weighted by atomic mass is 35.5. The van der Waals surface area contributed by atoms with Gasteiger partial charge in [-0.2, -0.15) is 0 Å². The summed E-state index contributed by atoms with van der Waals surface area (Å²) in [5.74, 6) is -0.813. The number of nitrogens with one attached hydrogen (secondary N) is 1. The molecule has 5 nitrogen and oxygen atoms in total. The predicted octanol–water partition coefficient (Wildman–Crippen LogP) is 2.83. The summed E-state index contributed by atoms with van der Waals surface area (Å²) < 4.78 is 4.68. The number of carbonyl (C=O) groups excluding carboxylic acids is 2. The summed E-state index contributed by atoms with van der Waals surface area (Å²) in [6.45, 7) is 5.89. The Bertz CT molecular complexity index is 538. The number of esters is 1. The summed E-state index contributed by atoms with van der Waals surface area (Å²) in [6, 6.07) is 4.28. The maximum atomic E-state index is 12.1. The van der Waals surface area contributed by atoms with E-state index in [4.69, 9.17) is 17.3 Å². The molecule has 1 aromatic rings. The van der Waals surface area contributed by atoms with Gasteiger partial charge >= 0.3 is 5.97 Å². The maximum absolute atomic E-state index is 12.1. The summed E-state index contributed by atoms with van der Waals surface area (Å²) in [5, 5.41) is 3.08. The van der Waals surface area contributed by atoms with E-state index in [1.165, 1.54) is 19.2 Å². The normalized spacial score (nSPS) is 12.7. The van der Waals surface area contributed by atoms with Gasteiger partial charge in [-0.15, -0.1) is 0 Å². The Labute approximate surface area is 129 Å². The highest BCUT2D eigenvalue weighted by Gasteiger charge is 2.24. The Morgan fingerprint density at radius 1 is 1.38 bits per heavy atom. The quantitative estimate of drug-likeness (QED) is 0.838. The van der Waals surface area contributed by atoms with Crippen molar-refractivity contribution >= 4 is 29.2 Å². The molecule has 1 unspecified atom stereocenters. The minimum absolute atomic E-state index is 0.149. The molecule has 0 aromatic heterocycles. The molecule has 0 radical (unpaired) electrons. The van der Waals surface area contributed by atoms with E-state index in [2.05, 4.69) is 10.1 Å². The fraction of sp³-hybridized carbons (Fsp3) is 0.467. The summed E-state index contributed by atoms with van der Waals surface area (Å²) >= 11 is 5.90. The Balaban J connectivity index is 2.89. The van der Waals surface area contributed by atoms with Gasteiger partial charge in [0, 0.05) is 17.5 Å². The minimum Gasteiger partial charge on any atom is -0.465 e. The number of hydrogen-bond donors (Lipinski definition) is 2. The van der Waals surface area contributed by atoms with Crippen LogP contribution in [0.3, 0.4) is 0 Å². The van der Waals surface area contributed by atoms with Crippen LogP contribution in [0.25, 0.3) is 0 Å². The molecule has 0 saturated heterocycles. The molecule has 0 spiro atoms. The van der Waals surface area contributed by atoms with Crippen LogP contribution in [0.2, 0.25) is 5.02 Å². The number of nitrogens with two attached hydrogens (primary N) is 1. The first-order valence-electron chi connectivity index (χ1n) is 6.58. The maximum Gasteiger partial charge on any atom is 0.339 e. The summed E-state index contributed by atoms with van der Waals surface area (Å²) in [4.78, 5) is 23.7. The second-order valence-corrected chi connectivity index (χ2v) is 6.34. The van der Waals surface area contributed by atoms with Crippen molar-refractivity contribution in [3.05, 3.63) is 28.8 Å². The van der Waals surface area contributed by atoms with Crippen LogP contribution in [0.5, 0.6) is 0 Å². The lowest BCUT2D eigenvalue weighted by atomic mass is 9.85. The molecule has 0 aliphatic carbocycles. The third-order valence-corrected chi connectivity index (χ3v) is 3.41. The lowest BCUT2D eigenvalue weighted by Crippen LogP contribution is -2.38. The van der Waals surface area contributed by atoms with E-state index in [9.17, 15) is 9.59 Å². The van der Waals surface area contributed by atoms with Crippen molar-refractivity contribution < 1.29 is 14.3 Å². The van der Waals surface area contributed by atoms with Gasteiger partial charge in [-0.1, -0.05) is 32.4 Å². The van der Waals surface area contributed by atoms with Crippen LogP contribution in [0, 0.1) is 5.41 Å². The number of ether oxygens (including phenoxy) is 1. The van der Waals surface area contributed by atoms with E-state index in [-0.39, 0.29) is 29.3 Å². The zero-order chi connectivity index (χ0) is 16.2. The van der Waals surface area contributed by atoms with Crippen molar-refractivity contribution in [1.29, 1.82) is 0 Å². The number of amides is 1. The smallest absolute Gasteiger partial charge is 0.339 e. The molecule has 0 aliphatic heterocycles. The second kappa shape index (κ2) is 6.91. The number of halogens is 1. The highest BCUT2D eigenvalue weighted by Crippen LogP contribution is 2.24. The first-order chi connectivity index (χ1) is 9.65. The van der Waals surface area contributed by atoms with Gasteiger partial charge in [0.05, 0.1) is 18.4 Å². The molecule has 6 heteroatoms. The largest absolute Gasteiger partial charge is 0.465 e. The third-order valence-electron chi connectivity index (χ3n) is 3.18. The molecule has 1 rings (SSSR count). The summed E-state index contributed by atoms with van der Waals surface area (Å²) in [7, 11) is 1.28. The lowest BCUT2D eigenvalue weighted by Gasteiger charge is -2.26. The first kappa shape index (κ1) is 17.5. The van der Waals surface area contributed by atoms with Crippen molar-refractivity contribution in [2.75, 3.05) is 12.4 Å². The molecule has 1 atom stereocenters. The van der Waals surface area contributed by atoms with Crippen molar-refractivity contribution in [3.63, 3.8) is 0 Å². The van der Waals surface area contributed by atoms with Crippen LogP contribution in [-0.4, -0.2) is 25.0 Å². The number of rotatable bonds is 4. The molecule has 0 bridgehead atoms. The van der Waals surface area contributed by atoms with Gasteiger partial charge in [0.2, 0.25) is 5.91 Å². The van der Waals surface area contributed by atoms with Gasteiger partial charge in [-0.25, -0.2) is 4.79 Å². The van der Waals surface area contributed by atoms with Crippen LogP contribution in [-0.2, 0) is 9.53 Å². The zero-order valence-electron chi connectivity index (χ0n) is 12.7. The molecule has 3 N–H and O–H groups in total. The fourth-order valence-electron chi connectivity index (χ4n) is 1.62. The number of carbonyl (C=O) groups is 2. The Kier molecular flexibility index (Phi) is 5.75. The number of hydrogen-bond acceptors (Lipinski definition) is 4. The molecule has 0 saturated carbocycles. The molecule has 1 aromatic carbocycles. The average Bonchev–Trinajstić information content (AvgIpc) is 2.36. The van der Waals surface area contributed by atoms with Crippen LogP contribution in [0.4, 0.5) is 5.69 Å². The molecule has 116 valence electrons. The van der Waals surface area contributed by atoms with Crippen LogP contribution < -0.4 is 11.1 Å². The molecule has 0 heterocycles. The van der Waals surface area contributed by atoms with E-state index >= 15 is 0 Å². The molecule has 0 aliphatic rings. The van der Waals surface area contributed by atoms with Crippen molar-refractivity contribution in [2.45, 2.75) is 33.2 Å². The molecular weight excluding hydrogens is 292 g/mol. The van der Waals surface area contributed by atoms with Gasteiger partial charge in [-0.05, 0) is 23.6 Å². The van der Waals surface area contributed by atoms with Gasteiger partial charge in [-0.3, -0.25) is 4.79 Å². The summed E-state index contributed by atoms with van der Waals surface area (Å²) in [5.41, 5.74) is 6.37. The van der Waals surface area contributed by atoms with E-state index in [0.717, 1.165) is 0 Å². The Morgan fingerprint density at radius 2 is 2.00 bits per heavy atom. The van der Waals surface area contributed by atoms with Crippen molar-refractivity contribution in [2.24, 2.45) is 11.1 Å². The van der Waals surface area contributed by atoms with E-state index in [1.54, 1.807) is 6.07 Å². The van der Waals surface area contributed by atoms with Crippen molar-refractivity contribution in [1.82, 2.24) is 0 Å². The lowest BCUT2D eigenvalue weighted by molar-refractivity contribution is -0.117. The average molecular weight is 313 g/mol. The Hall–Kier alpha value is -1.59. The van der Waals surface area contributed by atoms with Crippen LogP contribution >= 0.6 is 11.6 Å². The van der Waals surface area contributed by atoms with Crippen LogP contribution in [0.1, 0.15) is 37.6 Å². The number of anilines is 1. The van der Waals surface area contributed by atoms with Crippen molar-refractivity contribution in [3.8, 4) is 0 Å². The number of benzene rings is 1. The highest BCUT2D eigenvalue weighted by molar-refractivity contribution is 6.31. The standard InChI is InChI=1S/C15H21ClN2O3/c1-15(2,3)12(17)8-13(19)18-11-7-9(16)5-6-10(11)14(20)21-4/h5-7,12H,8,17H2,1-4H3,(H,18,19). The summed E-state index contributed by atoms with van der Waals surface area (Å²) in [6.07, 6.45) is 0.149. The predicted molar refractivity (Wildman–Crippen MR) is 83.5 cm³/mol. The third kappa shape index (κ3) is 5.02. The topological polar surface area (TPSA) is 81.4 Å². The van der Waals surface area contributed by atoms with Gasteiger partial charge < -0.3 is 15.8 Å². The molecule has 21 heavy (non-hydrogen) atoms. The molecule has 1 amide bonds. The van der Waals surface area contributed by atoms with Gasteiger partial charge in [0.25, 0.3) is 0 Å². The van der Waals surface area contributed by atoms with Gasteiger partial charge in [0.1, 0.15) is 0 Å². The van der Waals surface area contributed by atoms with E-state index in [1.807, 2.05) is 20.8 Å². The monoisotopic (exact) mass is 312 g/mol. The Morgan fingerprint density at radius 3 is 2.52 bits per heavy atom. The van der Waals surface area contributed by atoms with E-state index in [0.29, 0.717) is 10.7 Å². The minimum atomic E-state index is -0.540.